The van der Waals surface area contributed by atoms with Crippen molar-refractivity contribution in [1.29, 1.82) is 0 Å². The van der Waals surface area contributed by atoms with Crippen molar-refractivity contribution in [2.75, 3.05) is 11.9 Å². The summed E-state index contributed by atoms with van der Waals surface area (Å²) < 4.78 is 4.82. The molecule has 0 heterocycles. The van der Waals surface area contributed by atoms with Gasteiger partial charge in [-0.2, -0.15) is 0 Å². The highest BCUT2D eigenvalue weighted by Crippen LogP contribution is 2.20. The number of anilines is 1. The summed E-state index contributed by atoms with van der Waals surface area (Å²) >= 11 is 5.86. The minimum atomic E-state index is -0.343. The molecule has 3 nitrogen and oxygen atoms in total. The molecule has 1 aromatic rings. The summed E-state index contributed by atoms with van der Waals surface area (Å²) in [7, 11) is 0. The van der Waals surface area contributed by atoms with Gasteiger partial charge in [-0.1, -0.05) is 11.6 Å². The summed E-state index contributed by atoms with van der Waals surface area (Å²) in [6, 6.07) is 5.54. The Balaban J connectivity index is 2.74. The number of halogens is 1. The maximum atomic E-state index is 11.2. The summed E-state index contributed by atoms with van der Waals surface area (Å²) in [5, 5.41) is 3.82. The van der Waals surface area contributed by atoms with Crippen LogP contribution in [-0.4, -0.2) is 12.6 Å². The molecule has 92 valence electrons. The van der Waals surface area contributed by atoms with Crippen molar-refractivity contribution < 1.29 is 9.53 Å². The van der Waals surface area contributed by atoms with E-state index >= 15 is 0 Å². The average molecular weight is 254 g/mol. The van der Waals surface area contributed by atoms with Gasteiger partial charge < -0.3 is 10.1 Å². The van der Waals surface area contributed by atoms with Crippen LogP contribution in [0.5, 0.6) is 0 Å². The van der Waals surface area contributed by atoms with Gasteiger partial charge in [0.15, 0.2) is 0 Å². The molecule has 17 heavy (non-hydrogen) atoms. The van der Waals surface area contributed by atoms with E-state index in [0.29, 0.717) is 11.6 Å². The van der Waals surface area contributed by atoms with Gasteiger partial charge in [0.1, 0.15) is 0 Å². The first-order valence-electron chi connectivity index (χ1n) is 5.41. The van der Waals surface area contributed by atoms with E-state index in [2.05, 4.69) is 5.32 Å². The van der Waals surface area contributed by atoms with Crippen LogP contribution in [0.15, 0.2) is 30.0 Å². The number of hydrogen-bond donors (Lipinski definition) is 1. The second kappa shape index (κ2) is 6.30. The predicted molar refractivity (Wildman–Crippen MR) is 70.2 cm³/mol. The van der Waals surface area contributed by atoms with E-state index in [9.17, 15) is 4.79 Å². The molecular formula is C13H16ClNO2. The minimum Gasteiger partial charge on any atom is -0.463 e. The number of carbonyl (C=O) groups excluding carboxylic acids is 1. The molecular weight excluding hydrogens is 238 g/mol. The monoisotopic (exact) mass is 253 g/mol. The molecule has 0 aliphatic rings. The number of esters is 1. The van der Waals surface area contributed by atoms with Crippen LogP contribution in [0, 0.1) is 6.92 Å². The van der Waals surface area contributed by atoms with Gasteiger partial charge in [-0.3, -0.25) is 0 Å². The summed E-state index contributed by atoms with van der Waals surface area (Å²) in [6.07, 6.45) is 1.43. The molecule has 0 bridgehead atoms. The third-order valence-electron chi connectivity index (χ3n) is 2.14. The zero-order valence-corrected chi connectivity index (χ0v) is 11.0. The quantitative estimate of drug-likeness (QED) is 0.659. The molecule has 1 rings (SSSR count). The van der Waals surface area contributed by atoms with Crippen molar-refractivity contribution in [1.82, 2.24) is 0 Å². The second-order valence-electron chi connectivity index (χ2n) is 3.66. The number of ether oxygens (including phenoxy) is 1. The molecule has 0 saturated heterocycles. The second-order valence-corrected chi connectivity index (χ2v) is 4.10. The lowest BCUT2D eigenvalue weighted by atomic mass is 10.2. The van der Waals surface area contributed by atoms with E-state index in [-0.39, 0.29) is 5.97 Å². The van der Waals surface area contributed by atoms with Crippen LogP contribution >= 0.6 is 11.6 Å². The van der Waals surface area contributed by atoms with Crippen molar-refractivity contribution in [2.24, 2.45) is 0 Å². The largest absolute Gasteiger partial charge is 0.463 e. The van der Waals surface area contributed by atoms with Crippen molar-refractivity contribution in [3.63, 3.8) is 0 Å². The van der Waals surface area contributed by atoms with E-state index in [1.165, 1.54) is 6.08 Å². The van der Waals surface area contributed by atoms with Crippen molar-refractivity contribution in [3.8, 4) is 0 Å². The van der Waals surface area contributed by atoms with E-state index < -0.39 is 0 Å². The van der Waals surface area contributed by atoms with Gasteiger partial charge in [-0.25, -0.2) is 4.79 Å². The molecule has 0 saturated carbocycles. The van der Waals surface area contributed by atoms with Gasteiger partial charge in [0.25, 0.3) is 0 Å². The first kappa shape index (κ1) is 13.6. The Hall–Kier alpha value is -1.48. The van der Waals surface area contributed by atoms with Crippen LogP contribution < -0.4 is 5.32 Å². The molecule has 0 aliphatic carbocycles. The first-order valence-corrected chi connectivity index (χ1v) is 5.79. The Kier molecular flexibility index (Phi) is 5.04. The van der Waals surface area contributed by atoms with E-state index in [1.54, 1.807) is 13.0 Å². The Bertz CT molecular complexity index is 441. The van der Waals surface area contributed by atoms with Crippen molar-refractivity contribution in [2.45, 2.75) is 20.8 Å². The molecule has 0 fully saturated rings. The molecule has 0 spiro atoms. The molecule has 1 N–H and O–H groups in total. The van der Waals surface area contributed by atoms with E-state index in [1.807, 2.05) is 26.0 Å². The zero-order chi connectivity index (χ0) is 12.8. The number of allylic oxidation sites excluding steroid dienone is 1. The number of hydrogen-bond acceptors (Lipinski definition) is 3. The number of carbonyl (C=O) groups is 1. The van der Waals surface area contributed by atoms with Crippen LogP contribution in [0.1, 0.15) is 19.4 Å². The third kappa shape index (κ3) is 4.49. The highest BCUT2D eigenvalue weighted by atomic mass is 35.5. The number of nitrogens with one attached hydrogen (secondary N) is 1. The SMILES string of the molecule is CCOC(=O)/C=C(\C)Nc1ccc(Cl)cc1C. The van der Waals surface area contributed by atoms with E-state index in [0.717, 1.165) is 16.9 Å². The molecule has 1 aromatic carbocycles. The Labute approximate surface area is 106 Å². The Morgan fingerprint density at radius 3 is 2.82 bits per heavy atom. The lowest BCUT2D eigenvalue weighted by Gasteiger charge is -2.09. The van der Waals surface area contributed by atoms with Crippen LogP contribution in [0.25, 0.3) is 0 Å². The van der Waals surface area contributed by atoms with Gasteiger partial charge in [0, 0.05) is 22.5 Å². The fourth-order valence-corrected chi connectivity index (χ4v) is 1.60. The van der Waals surface area contributed by atoms with Gasteiger partial charge in [-0.05, 0) is 44.5 Å². The fourth-order valence-electron chi connectivity index (χ4n) is 1.38. The Morgan fingerprint density at radius 2 is 2.24 bits per heavy atom. The summed E-state index contributed by atoms with van der Waals surface area (Å²) in [6.45, 7) is 5.91. The summed E-state index contributed by atoms with van der Waals surface area (Å²) in [5.74, 6) is -0.343. The lowest BCUT2D eigenvalue weighted by molar-refractivity contribution is -0.137. The van der Waals surface area contributed by atoms with Gasteiger partial charge in [0.2, 0.25) is 0 Å². The zero-order valence-electron chi connectivity index (χ0n) is 10.2. The summed E-state index contributed by atoms with van der Waals surface area (Å²) in [4.78, 5) is 11.2. The van der Waals surface area contributed by atoms with Crippen LogP contribution in [-0.2, 0) is 9.53 Å². The van der Waals surface area contributed by atoms with Gasteiger partial charge >= 0.3 is 5.97 Å². The standard InChI is InChI=1S/C13H16ClNO2/c1-4-17-13(16)8-10(3)15-12-6-5-11(14)7-9(12)2/h5-8,15H,4H2,1-3H3/b10-8+. The van der Waals surface area contributed by atoms with Crippen LogP contribution in [0.2, 0.25) is 5.02 Å². The molecule has 0 radical (unpaired) electrons. The van der Waals surface area contributed by atoms with Crippen molar-refractivity contribution in [3.05, 3.63) is 40.6 Å². The molecule has 0 atom stereocenters. The topological polar surface area (TPSA) is 38.3 Å². The lowest BCUT2D eigenvalue weighted by Crippen LogP contribution is -2.04. The van der Waals surface area contributed by atoms with Crippen LogP contribution in [0.4, 0.5) is 5.69 Å². The summed E-state index contributed by atoms with van der Waals surface area (Å²) in [5.41, 5.74) is 2.68. The normalized spacial score (nSPS) is 11.2. The van der Waals surface area contributed by atoms with E-state index in [4.69, 9.17) is 16.3 Å². The predicted octanol–water partition coefficient (Wildman–Crippen LogP) is 3.53. The van der Waals surface area contributed by atoms with Crippen LogP contribution in [0.3, 0.4) is 0 Å². The fraction of sp³-hybridized carbons (Fsp3) is 0.308. The maximum Gasteiger partial charge on any atom is 0.332 e. The van der Waals surface area contributed by atoms with Crippen molar-refractivity contribution >= 4 is 23.3 Å². The number of rotatable bonds is 4. The molecule has 0 unspecified atom stereocenters. The third-order valence-corrected chi connectivity index (χ3v) is 2.38. The molecule has 0 amide bonds. The first-order chi connectivity index (χ1) is 8.02. The average Bonchev–Trinajstić information content (AvgIpc) is 2.22. The van der Waals surface area contributed by atoms with Gasteiger partial charge in [-0.15, -0.1) is 0 Å². The minimum absolute atomic E-state index is 0.343. The maximum absolute atomic E-state index is 11.2. The number of benzene rings is 1. The highest BCUT2D eigenvalue weighted by Gasteiger charge is 2.01. The van der Waals surface area contributed by atoms with Gasteiger partial charge in [0.05, 0.1) is 6.61 Å². The molecule has 4 heteroatoms. The smallest absolute Gasteiger partial charge is 0.332 e. The number of aryl methyl sites for hydroxylation is 1. The molecule has 0 aromatic heterocycles. The molecule has 0 aliphatic heterocycles. The highest BCUT2D eigenvalue weighted by molar-refractivity contribution is 6.30. The Morgan fingerprint density at radius 1 is 1.53 bits per heavy atom.